The van der Waals surface area contributed by atoms with Crippen LogP contribution in [-0.2, 0) is 6.54 Å². The Morgan fingerprint density at radius 1 is 0.840 bits per heavy atom. The van der Waals surface area contributed by atoms with Gasteiger partial charge in [-0.25, -0.2) is 0 Å². The van der Waals surface area contributed by atoms with Crippen LogP contribution in [0.3, 0.4) is 0 Å². The molecule has 128 valence electrons. The molecule has 1 heterocycles. The summed E-state index contributed by atoms with van der Waals surface area (Å²) in [5, 5.41) is 2.54. The van der Waals surface area contributed by atoms with E-state index in [1.165, 1.54) is 22.0 Å². The maximum atomic E-state index is 5.52. The van der Waals surface area contributed by atoms with E-state index in [1.54, 1.807) is 7.11 Å². The first-order valence-electron chi connectivity index (χ1n) is 8.91. The van der Waals surface area contributed by atoms with Gasteiger partial charge in [-0.05, 0) is 17.0 Å². The topological polar surface area (TPSA) is 15.7 Å². The van der Waals surface area contributed by atoms with Crippen molar-refractivity contribution >= 4 is 16.5 Å². The van der Waals surface area contributed by atoms with E-state index in [4.69, 9.17) is 4.74 Å². The third-order valence-electron chi connectivity index (χ3n) is 5.01. The minimum atomic E-state index is 0.931. The van der Waals surface area contributed by atoms with Crippen molar-refractivity contribution in [3.63, 3.8) is 0 Å². The molecular weight excluding hydrogens is 308 g/mol. The molecule has 1 aliphatic rings. The Labute approximate surface area is 149 Å². The normalized spacial score (nSPS) is 15.5. The van der Waals surface area contributed by atoms with E-state index in [0.717, 1.165) is 38.5 Å². The maximum absolute atomic E-state index is 5.52. The minimum absolute atomic E-state index is 0.931. The zero-order valence-corrected chi connectivity index (χ0v) is 14.7. The fraction of sp³-hybridized carbons (Fsp3) is 0.273. The van der Waals surface area contributed by atoms with Crippen LogP contribution in [0.2, 0.25) is 0 Å². The Bertz CT molecular complexity index is 839. The number of methoxy groups -OCH3 is 1. The lowest BCUT2D eigenvalue weighted by molar-refractivity contribution is 0.250. The smallest absolute Gasteiger partial charge is 0.121 e. The zero-order valence-electron chi connectivity index (χ0n) is 14.7. The molecular formula is C22H24N2O. The summed E-state index contributed by atoms with van der Waals surface area (Å²) >= 11 is 0. The predicted octanol–water partition coefficient (Wildman–Crippen LogP) is 4.17. The van der Waals surface area contributed by atoms with Gasteiger partial charge >= 0.3 is 0 Å². The van der Waals surface area contributed by atoms with E-state index < -0.39 is 0 Å². The summed E-state index contributed by atoms with van der Waals surface area (Å²) in [6.07, 6.45) is 0. The molecule has 1 saturated heterocycles. The summed E-state index contributed by atoms with van der Waals surface area (Å²) in [5.41, 5.74) is 2.68. The number of anilines is 1. The first-order valence-corrected chi connectivity index (χ1v) is 8.91. The Hall–Kier alpha value is -2.52. The van der Waals surface area contributed by atoms with Crippen LogP contribution in [0, 0.1) is 0 Å². The van der Waals surface area contributed by atoms with Gasteiger partial charge < -0.3 is 9.64 Å². The van der Waals surface area contributed by atoms with Crippen LogP contribution in [0.1, 0.15) is 5.56 Å². The third kappa shape index (κ3) is 3.47. The van der Waals surface area contributed by atoms with Crippen LogP contribution >= 0.6 is 0 Å². The number of piperazine rings is 1. The molecule has 4 rings (SSSR count). The number of benzene rings is 3. The van der Waals surface area contributed by atoms with E-state index in [9.17, 15) is 0 Å². The highest BCUT2D eigenvalue weighted by Crippen LogP contribution is 2.32. The molecule has 0 spiro atoms. The van der Waals surface area contributed by atoms with Crippen LogP contribution in [0.15, 0.2) is 66.7 Å². The van der Waals surface area contributed by atoms with Gasteiger partial charge in [-0.3, -0.25) is 4.90 Å². The average Bonchev–Trinajstić information content (AvgIpc) is 2.68. The van der Waals surface area contributed by atoms with Gasteiger partial charge in [0.25, 0.3) is 0 Å². The van der Waals surface area contributed by atoms with Crippen LogP contribution < -0.4 is 9.64 Å². The van der Waals surface area contributed by atoms with E-state index in [2.05, 4.69) is 76.5 Å². The van der Waals surface area contributed by atoms with Gasteiger partial charge in [-0.2, -0.15) is 0 Å². The molecule has 0 amide bonds. The summed E-state index contributed by atoms with van der Waals surface area (Å²) in [5.74, 6) is 0.931. The Kier molecular flexibility index (Phi) is 4.57. The van der Waals surface area contributed by atoms with Crippen LogP contribution in [0.4, 0.5) is 5.69 Å². The highest BCUT2D eigenvalue weighted by molar-refractivity contribution is 5.95. The monoisotopic (exact) mass is 332 g/mol. The highest BCUT2D eigenvalue weighted by Gasteiger charge is 2.19. The van der Waals surface area contributed by atoms with Crippen LogP contribution in [0.5, 0.6) is 5.75 Å². The highest BCUT2D eigenvalue weighted by atomic mass is 16.5. The fourth-order valence-corrected chi connectivity index (χ4v) is 3.63. The molecule has 3 aromatic carbocycles. The number of rotatable bonds is 4. The molecule has 0 radical (unpaired) electrons. The van der Waals surface area contributed by atoms with Crippen LogP contribution in [0.25, 0.3) is 10.8 Å². The summed E-state index contributed by atoms with van der Waals surface area (Å²) in [6.45, 7) is 5.29. The van der Waals surface area contributed by atoms with Gasteiger partial charge in [0.1, 0.15) is 5.75 Å². The molecule has 3 aromatic rings. The number of hydrogen-bond acceptors (Lipinski definition) is 3. The second-order valence-corrected chi connectivity index (χ2v) is 6.62. The lowest BCUT2D eigenvalue weighted by atomic mass is 10.1. The summed E-state index contributed by atoms with van der Waals surface area (Å²) in [7, 11) is 1.74. The Balaban J connectivity index is 1.52. The lowest BCUT2D eigenvalue weighted by Gasteiger charge is -2.36. The van der Waals surface area contributed by atoms with Crippen molar-refractivity contribution < 1.29 is 4.74 Å². The second-order valence-electron chi connectivity index (χ2n) is 6.62. The van der Waals surface area contributed by atoms with Crippen molar-refractivity contribution in [1.82, 2.24) is 4.90 Å². The Morgan fingerprint density at radius 2 is 1.56 bits per heavy atom. The quantitative estimate of drug-likeness (QED) is 0.713. The van der Waals surface area contributed by atoms with Crippen LogP contribution in [-0.4, -0.2) is 38.2 Å². The van der Waals surface area contributed by atoms with Crippen molar-refractivity contribution in [2.24, 2.45) is 0 Å². The van der Waals surface area contributed by atoms with Crippen molar-refractivity contribution in [1.29, 1.82) is 0 Å². The number of nitrogens with zero attached hydrogens (tertiary/aromatic N) is 2. The van der Waals surface area contributed by atoms with E-state index in [0.29, 0.717) is 0 Å². The summed E-state index contributed by atoms with van der Waals surface area (Å²) in [4.78, 5) is 5.03. The van der Waals surface area contributed by atoms with Gasteiger partial charge in [0, 0.05) is 49.9 Å². The zero-order chi connectivity index (χ0) is 17.1. The molecule has 0 aromatic heterocycles. The van der Waals surface area contributed by atoms with Gasteiger partial charge in [0.05, 0.1) is 7.11 Å². The molecule has 1 aliphatic heterocycles. The SMILES string of the molecule is COc1cc(N2CCN(Cc3ccccc3)CC2)c2ccccc2c1. The largest absolute Gasteiger partial charge is 0.497 e. The summed E-state index contributed by atoms with van der Waals surface area (Å²) < 4.78 is 5.52. The van der Waals surface area contributed by atoms with Gasteiger partial charge in [0.2, 0.25) is 0 Å². The molecule has 3 nitrogen and oxygen atoms in total. The fourth-order valence-electron chi connectivity index (χ4n) is 3.63. The van der Waals surface area contributed by atoms with E-state index in [-0.39, 0.29) is 0 Å². The number of ether oxygens (including phenoxy) is 1. The lowest BCUT2D eigenvalue weighted by Crippen LogP contribution is -2.46. The molecule has 0 saturated carbocycles. The maximum Gasteiger partial charge on any atom is 0.121 e. The molecule has 25 heavy (non-hydrogen) atoms. The van der Waals surface area contributed by atoms with Gasteiger partial charge in [0.15, 0.2) is 0 Å². The van der Waals surface area contributed by atoms with Gasteiger partial charge in [-0.15, -0.1) is 0 Å². The molecule has 0 bridgehead atoms. The van der Waals surface area contributed by atoms with E-state index >= 15 is 0 Å². The van der Waals surface area contributed by atoms with E-state index in [1.807, 2.05) is 0 Å². The molecule has 0 atom stereocenters. The van der Waals surface area contributed by atoms with Gasteiger partial charge in [-0.1, -0.05) is 54.6 Å². The number of hydrogen-bond donors (Lipinski definition) is 0. The first-order chi connectivity index (χ1) is 12.3. The summed E-state index contributed by atoms with van der Waals surface area (Å²) in [6, 6.07) is 23.6. The first kappa shape index (κ1) is 16.0. The molecule has 3 heteroatoms. The second kappa shape index (κ2) is 7.16. The number of fused-ring (bicyclic) bond motifs is 1. The van der Waals surface area contributed by atoms with Crippen molar-refractivity contribution in [3.8, 4) is 5.75 Å². The molecule has 0 N–H and O–H groups in total. The molecule has 1 fully saturated rings. The van der Waals surface area contributed by atoms with Crippen molar-refractivity contribution in [2.75, 3.05) is 38.2 Å². The standard InChI is InChI=1S/C22H24N2O/c1-25-20-15-19-9-5-6-10-21(19)22(16-20)24-13-11-23(12-14-24)17-18-7-3-2-4-8-18/h2-10,15-16H,11-14,17H2,1H3. The van der Waals surface area contributed by atoms with Crippen molar-refractivity contribution in [2.45, 2.75) is 6.54 Å². The minimum Gasteiger partial charge on any atom is -0.497 e. The van der Waals surface area contributed by atoms with Crippen molar-refractivity contribution in [3.05, 3.63) is 72.3 Å². The Morgan fingerprint density at radius 3 is 2.32 bits per heavy atom. The average molecular weight is 332 g/mol. The predicted molar refractivity (Wildman–Crippen MR) is 104 cm³/mol. The molecule has 0 unspecified atom stereocenters. The molecule has 0 aliphatic carbocycles. The third-order valence-corrected chi connectivity index (χ3v) is 5.01.